The molecule has 6 rings (SSSR count). The molecule has 1 aromatic carbocycles. The highest BCUT2D eigenvalue weighted by molar-refractivity contribution is 5.80. The minimum absolute atomic E-state index is 0.0218. The molecule has 0 amide bonds. The summed E-state index contributed by atoms with van der Waals surface area (Å²) in [5, 5.41) is 8.03. The van der Waals surface area contributed by atoms with Crippen LogP contribution < -0.4 is 4.74 Å². The molecule has 27 heavy (non-hydrogen) atoms. The van der Waals surface area contributed by atoms with Gasteiger partial charge in [0.15, 0.2) is 5.65 Å². The Morgan fingerprint density at radius 3 is 2.78 bits per heavy atom. The molecule has 1 aliphatic carbocycles. The van der Waals surface area contributed by atoms with Gasteiger partial charge >= 0.3 is 0 Å². The standard InChI is InChI=1S/C22H24N4O/c1-2-19(3-1)26-8-6-22(7-9-26)12-16-10-15(4-5-20(16)27-22)17-11-18-14-24-25-21(18)23-13-17/h4-5,10-11,13-14,19H,1-3,6-9,12H2,(H,23,24,25). The Labute approximate surface area is 158 Å². The van der Waals surface area contributed by atoms with Crippen molar-refractivity contribution in [1.29, 1.82) is 0 Å². The van der Waals surface area contributed by atoms with E-state index < -0.39 is 0 Å². The van der Waals surface area contributed by atoms with Crippen LogP contribution in [0.25, 0.3) is 22.2 Å². The lowest BCUT2D eigenvalue weighted by atomic mass is 9.83. The zero-order valence-corrected chi connectivity index (χ0v) is 15.4. The topological polar surface area (TPSA) is 54.0 Å². The third kappa shape index (κ3) is 2.56. The molecule has 0 unspecified atom stereocenters. The molecule has 2 fully saturated rings. The highest BCUT2D eigenvalue weighted by atomic mass is 16.5. The van der Waals surface area contributed by atoms with E-state index in [9.17, 15) is 0 Å². The van der Waals surface area contributed by atoms with Gasteiger partial charge in [0, 0.05) is 55.5 Å². The van der Waals surface area contributed by atoms with Crippen LogP contribution in [0.2, 0.25) is 0 Å². The van der Waals surface area contributed by atoms with Crippen LogP contribution in [0.3, 0.4) is 0 Å². The number of aromatic amines is 1. The summed E-state index contributed by atoms with van der Waals surface area (Å²) >= 11 is 0. The highest BCUT2D eigenvalue weighted by Gasteiger charge is 2.43. The molecule has 2 aromatic heterocycles. The summed E-state index contributed by atoms with van der Waals surface area (Å²) in [6.07, 6.45) is 11.3. The highest BCUT2D eigenvalue weighted by Crippen LogP contribution is 2.43. The van der Waals surface area contributed by atoms with Gasteiger partial charge < -0.3 is 9.64 Å². The van der Waals surface area contributed by atoms with Crippen molar-refractivity contribution in [3.05, 3.63) is 42.2 Å². The lowest BCUT2D eigenvalue weighted by Crippen LogP contribution is -2.52. The largest absolute Gasteiger partial charge is 0.487 e. The first-order valence-corrected chi connectivity index (χ1v) is 10.1. The van der Waals surface area contributed by atoms with Crippen molar-refractivity contribution in [2.45, 2.75) is 50.2 Å². The summed E-state index contributed by atoms with van der Waals surface area (Å²) in [7, 11) is 0. The van der Waals surface area contributed by atoms with Gasteiger partial charge in [0.25, 0.3) is 0 Å². The monoisotopic (exact) mass is 360 g/mol. The van der Waals surface area contributed by atoms with Crippen molar-refractivity contribution < 1.29 is 4.74 Å². The number of ether oxygens (including phenoxy) is 1. The van der Waals surface area contributed by atoms with E-state index in [2.05, 4.69) is 44.3 Å². The Morgan fingerprint density at radius 2 is 1.96 bits per heavy atom. The van der Waals surface area contributed by atoms with Gasteiger partial charge in [0.2, 0.25) is 0 Å². The SMILES string of the molecule is c1cc2c(cc1-c1cnc3[nH]ncc3c1)CC1(CCN(C3CCC3)CC1)O2. The predicted molar refractivity (Wildman–Crippen MR) is 105 cm³/mol. The van der Waals surface area contributed by atoms with Gasteiger partial charge in [-0.1, -0.05) is 12.5 Å². The molecule has 1 spiro atoms. The maximum atomic E-state index is 6.51. The predicted octanol–water partition coefficient (Wildman–Crippen LogP) is 3.95. The average molecular weight is 360 g/mol. The molecule has 0 atom stereocenters. The summed E-state index contributed by atoms with van der Waals surface area (Å²) in [6.45, 7) is 2.37. The van der Waals surface area contributed by atoms with Gasteiger partial charge in [-0.15, -0.1) is 0 Å². The van der Waals surface area contributed by atoms with Crippen LogP contribution in [0.4, 0.5) is 0 Å². The van der Waals surface area contributed by atoms with Gasteiger partial charge in [-0.25, -0.2) is 4.98 Å². The normalized spacial score (nSPS) is 21.9. The van der Waals surface area contributed by atoms with Crippen LogP contribution in [-0.4, -0.2) is 44.8 Å². The zero-order valence-electron chi connectivity index (χ0n) is 15.4. The number of piperidine rings is 1. The molecule has 138 valence electrons. The molecule has 0 radical (unpaired) electrons. The fourth-order valence-electron chi connectivity index (χ4n) is 4.93. The smallest absolute Gasteiger partial charge is 0.155 e. The number of benzene rings is 1. The van der Waals surface area contributed by atoms with Crippen molar-refractivity contribution in [3.8, 4) is 16.9 Å². The number of rotatable bonds is 2. The molecule has 2 aliphatic heterocycles. The number of nitrogens with zero attached hydrogens (tertiary/aromatic N) is 3. The molecule has 5 heteroatoms. The number of aromatic nitrogens is 3. The second-order valence-electron chi connectivity index (χ2n) is 8.44. The van der Waals surface area contributed by atoms with Crippen LogP contribution in [0.15, 0.2) is 36.7 Å². The minimum Gasteiger partial charge on any atom is -0.487 e. The molecule has 1 saturated carbocycles. The first kappa shape index (κ1) is 15.6. The number of fused-ring (bicyclic) bond motifs is 2. The lowest BCUT2D eigenvalue weighted by Gasteiger charge is -2.45. The van der Waals surface area contributed by atoms with Gasteiger partial charge in [-0.05, 0) is 42.2 Å². The van der Waals surface area contributed by atoms with E-state index in [4.69, 9.17) is 4.74 Å². The van der Waals surface area contributed by atoms with E-state index in [1.165, 1.54) is 43.5 Å². The van der Waals surface area contributed by atoms with E-state index in [0.717, 1.165) is 47.7 Å². The number of likely N-dealkylation sites (tertiary alicyclic amines) is 1. The van der Waals surface area contributed by atoms with Crippen LogP contribution in [0, 0.1) is 0 Å². The number of hydrogen-bond acceptors (Lipinski definition) is 4. The molecule has 1 N–H and O–H groups in total. The summed E-state index contributed by atoms with van der Waals surface area (Å²) < 4.78 is 6.51. The minimum atomic E-state index is 0.0218. The fourth-order valence-corrected chi connectivity index (χ4v) is 4.93. The maximum absolute atomic E-state index is 6.51. The Balaban J connectivity index is 1.24. The summed E-state index contributed by atoms with van der Waals surface area (Å²) in [4.78, 5) is 7.17. The van der Waals surface area contributed by atoms with Gasteiger partial charge in [-0.2, -0.15) is 5.10 Å². The van der Waals surface area contributed by atoms with Crippen molar-refractivity contribution in [3.63, 3.8) is 0 Å². The number of nitrogens with one attached hydrogen (secondary N) is 1. The fraction of sp³-hybridized carbons (Fsp3) is 0.455. The third-order valence-corrected chi connectivity index (χ3v) is 6.82. The van der Waals surface area contributed by atoms with Crippen molar-refractivity contribution in [2.24, 2.45) is 0 Å². The molecule has 0 bridgehead atoms. The summed E-state index contributed by atoms with van der Waals surface area (Å²) in [5.41, 5.74) is 4.54. The summed E-state index contributed by atoms with van der Waals surface area (Å²) in [5.74, 6) is 1.08. The molecule has 1 saturated heterocycles. The average Bonchev–Trinajstić information content (AvgIpc) is 3.25. The number of pyridine rings is 1. The second-order valence-corrected chi connectivity index (χ2v) is 8.44. The lowest BCUT2D eigenvalue weighted by molar-refractivity contribution is -0.00746. The van der Waals surface area contributed by atoms with E-state index >= 15 is 0 Å². The van der Waals surface area contributed by atoms with Gasteiger partial charge in [0.05, 0.1) is 6.20 Å². The van der Waals surface area contributed by atoms with Crippen LogP contribution in [0.5, 0.6) is 5.75 Å². The van der Waals surface area contributed by atoms with Gasteiger partial charge in [-0.3, -0.25) is 5.10 Å². The molecule has 5 nitrogen and oxygen atoms in total. The van der Waals surface area contributed by atoms with E-state index in [0.29, 0.717) is 0 Å². The van der Waals surface area contributed by atoms with Crippen molar-refractivity contribution >= 4 is 11.0 Å². The zero-order chi connectivity index (χ0) is 17.8. The number of H-pyrrole nitrogens is 1. The molecule has 4 heterocycles. The van der Waals surface area contributed by atoms with E-state index in [1.54, 1.807) is 0 Å². The Hall–Kier alpha value is -2.40. The van der Waals surface area contributed by atoms with E-state index in [1.807, 2.05) is 12.4 Å². The third-order valence-electron chi connectivity index (χ3n) is 6.82. The molecular formula is C22H24N4O. The maximum Gasteiger partial charge on any atom is 0.155 e. The van der Waals surface area contributed by atoms with Crippen LogP contribution in [0.1, 0.15) is 37.7 Å². The van der Waals surface area contributed by atoms with Crippen LogP contribution >= 0.6 is 0 Å². The quantitative estimate of drug-likeness (QED) is 0.752. The molecule has 3 aliphatic rings. The van der Waals surface area contributed by atoms with Gasteiger partial charge in [0.1, 0.15) is 11.4 Å². The molecule has 3 aromatic rings. The molecular weight excluding hydrogens is 336 g/mol. The van der Waals surface area contributed by atoms with E-state index in [-0.39, 0.29) is 5.60 Å². The first-order valence-electron chi connectivity index (χ1n) is 10.1. The Morgan fingerprint density at radius 1 is 1.07 bits per heavy atom. The first-order chi connectivity index (χ1) is 13.3. The number of hydrogen-bond donors (Lipinski definition) is 1. The Bertz CT molecular complexity index is 998. The van der Waals surface area contributed by atoms with Crippen molar-refractivity contribution in [1.82, 2.24) is 20.1 Å². The Kier molecular flexibility index (Phi) is 3.36. The van der Waals surface area contributed by atoms with Crippen molar-refractivity contribution in [2.75, 3.05) is 13.1 Å². The van der Waals surface area contributed by atoms with Crippen LogP contribution in [-0.2, 0) is 6.42 Å². The second kappa shape index (κ2) is 5.80. The summed E-state index contributed by atoms with van der Waals surface area (Å²) in [6, 6.07) is 9.60.